The number of allylic oxidation sites excluding steroid dienone is 2. The van der Waals surface area contributed by atoms with Gasteiger partial charge in [0, 0.05) is 6.54 Å². The Morgan fingerprint density at radius 1 is 1.00 bits per heavy atom. The summed E-state index contributed by atoms with van der Waals surface area (Å²) in [4.78, 5) is 43.4. The molecule has 4 unspecified atom stereocenters. The van der Waals surface area contributed by atoms with Gasteiger partial charge in [-0.05, 0) is 56.7 Å². The van der Waals surface area contributed by atoms with Gasteiger partial charge < -0.3 is 5.32 Å². The van der Waals surface area contributed by atoms with Crippen molar-refractivity contribution < 1.29 is 14.4 Å². The van der Waals surface area contributed by atoms with Gasteiger partial charge in [0.05, 0.1) is 17.9 Å². The van der Waals surface area contributed by atoms with Gasteiger partial charge in [-0.3, -0.25) is 24.2 Å². The maximum atomic E-state index is 13.4. The van der Waals surface area contributed by atoms with Crippen molar-refractivity contribution in [3.05, 3.63) is 48.0 Å². The van der Waals surface area contributed by atoms with Gasteiger partial charge in [0.25, 0.3) is 0 Å². The topological polar surface area (TPSA) is 69.7 Å². The molecule has 6 heteroatoms. The highest BCUT2D eigenvalue weighted by Crippen LogP contribution is 2.37. The first-order valence-corrected chi connectivity index (χ1v) is 12.1. The molecular weight excluding hydrogens is 402 g/mol. The molecule has 1 aromatic carbocycles. The fraction of sp³-hybridized carbons (Fsp3) is 0.577. The van der Waals surface area contributed by atoms with Crippen molar-refractivity contribution in [2.24, 2.45) is 17.8 Å². The lowest BCUT2D eigenvalue weighted by Gasteiger charge is -2.31. The molecule has 2 heterocycles. The highest BCUT2D eigenvalue weighted by Gasteiger charge is 2.51. The Hall–Kier alpha value is -2.47. The normalized spacial score (nSPS) is 25.3. The highest BCUT2D eigenvalue weighted by atomic mass is 16.2. The van der Waals surface area contributed by atoms with E-state index < -0.39 is 6.04 Å². The van der Waals surface area contributed by atoms with E-state index in [0.29, 0.717) is 25.8 Å². The van der Waals surface area contributed by atoms with Gasteiger partial charge in [-0.25, -0.2) is 0 Å². The largest absolute Gasteiger partial charge is 0.352 e. The van der Waals surface area contributed by atoms with Gasteiger partial charge in [-0.2, -0.15) is 0 Å². The van der Waals surface area contributed by atoms with Crippen LogP contribution in [0.25, 0.3) is 0 Å². The van der Waals surface area contributed by atoms with Gasteiger partial charge >= 0.3 is 0 Å². The summed E-state index contributed by atoms with van der Waals surface area (Å²) in [5.41, 5.74) is 1.18. The quantitative estimate of drug-likeness (QED) is 0.500. The van der Waals surface area contributed by atoms with Crippen LogP contribution in [0.3, 0.4) is 0 Å². The van der Waals surface area contributed by atoms with E-state index in [-0.39, 0.29) is 41.5 Å². The summed E-state index contributed by atoms with van der Waals surface area (Å²) in [5.74, 6) is -0.996. The number of likely N-dealkylation sites (tertiary alicyclic amines) is 2. The van der Waals surface area contributed by atoms with Crippen molar-refractivity contribution in [1.29, 1.82) is 0 Å². The third kappa shape index (κ3) is 4.65. The van der Waals surface area contributed by atoms with Crippen LogP contribution in [-0.2, 0) is 14.4 Å². The van der Waals surface area contributed by atoms with Crippen molar-refractivity contribution >= 4 is 17.7 Å². The zero-order valence-corrected chi connectivity index (χ0v) is 19.2. The van der Waals surface area contributed by atoms with Gasteiger partial charge in [-0.1, -0.05) is 56.3 Å². The molecule has 172 valence electrons. The molecule has 1 aromatic rings. The Kier molecular flexibility index (Phi) is 7.09. The molecule has 4 rings (SSSR count). The van der Waals surface area contributed by atoms with E-state index in [0.717, 1.165) is 13.1 Å². The third-order valence-corrected chi connectivity index (χ3v) is 7.09. The predicted octanol–water partition coefficient (Wildman–Crippen LogP) is 3.31. The van der Waals surface area contributed by atoms with Gasteiger partial charge in [0.1, 0.15) is 6.04 Å². The maximum absolute atomic E-state index is 13.4. The van der Waals surface area contributed by atoms with Crippen molar-refractivity contribution in [2.75, 3.05) is 19.6 Å². The molecular formula is C26H35N3O3. The number of carbonyl (C=O) groups excluding carboxylic acids is 3. The summed E-state index contributed by atoms with van der Waals surface area (Å²) >= 11 is 0. The molecule has 32 heavy (non-hydrogen) atoms. The molecule has 2 fully saturated rings. The molecule has 0 spiro atoms. The maximum Gasteiger partial charge on any atom is 0.243 e. The first kappa shape index (κ1) is 22.7. The molecule has 0 saturated carbocycles. The number of benzene rings is 1. The van der Waals surface area contributed by atoms with Gasteiger partial charge in [0.15, 0.2) is 0 Å². The average Bonchev–Trinajstić information content (AvgIpc) is 3.41. The Morgan fingerprint density at radius 3 is 2.16 bits per heavy atom. The second kappa shape index (κ2) is 9.99. The Balaban J connectivity index is 1.50. The Morgan fingerprint density at radius 2 is 1.59 bits per heavy atom. The van der Waals surface area contributed by atoms with Crippen molar-refractivity contribution in [1.82, 2.24) is 15.1 Å². The Bertz CT molecular complexity index is 834. The summed E-state index contributed by atoms with van der Waals surface area (Å²) in [6.45, 7) is 6.56. The van der Waals surface area contributed by atoms with E-state index in [2.05, 4.69) is 22.3 Å². The molecule has 0 aromatic heterocycles. The molecule has 3 amide bonds. The minimum absolute atomic E-state index is 0.0964. The van der Waals surface area contributed by atoms with Crippen LogP contribution in [0.4, 0.5) is 0 Å². The zero-order valence-electron chi connectivity index (χ0n) is 19.2. The van der Waals surface area contributed by atoms with Crippen LogP contribution in [0.2, 0.25) is 0 Å². The van der Waals surface area contributed by atoms with Crippen LogP contribution in [-0.4, -0.2) is 53.2 Å². The summed E-state index contributed by atoms with van der Waals surface area (Å²) in [6.07, 6.45) is 7.96. The predicted molar refractivity (Wildman–Crippen MR) is 123 cm³/mol. The standard InChI is InChI=1S/C26H35N3O3/c1-18(2)16-22(29-25(31)20-12-6-7-13-21(20)26(29)32)24(30)27-17-23(28-14-8-9-15-28)19-10-4-3-5-11-19/h3-7,10-11,18,20-23H,8-9,12-17H2,1-2H3,(H,27,30). The zero-order chi connectivity index (χ0) is 22.7. The molecule has 0 radical (unpaired) electrons. The van der Waals surface area contributed by atoms with Crippen molar-refractivity contribution in [2.45, 2.75) is 58.0 Å². The van der Waals surface area contributed by atoms with Gasteiger partial charge in [0.2, 0.25) is 17.7 Å². The van der Waals surface area contributed by atoms with Gasteiger partial charge in [-0.15, -0.1) is 0 Å². The SMILES string of the molecule is CC(C)CC(C(=O)NCC(c1ccccc1)N1CCCC1)N1C(=O)C2CC=CCC2C1=O. The summed E-state index contributed by atoms with van der Waals surface area (Å²) in [5, 5.41) is 3.12. The number of fused-ring (bicyclic) bond motifs is 1. The van der Waals surface area contributed by atoms with E-state index in [4.69, 9.17) is 0 Å². The fourth-order valence-electron chi connectivity index (χ4n) is 5.41. The van der Waals surface area contributed by atoms with Crippen LogP contribution in [0.15, 0.2) is 42.5 Å². The third-order valence-electron chi connectivity index (χ3n) is 7.09. The summed E-state index contributed by atoms with van der Waals surface area (Å²) < 4.78 is 0. The van der Waals surface area contributed by atoms with Crippen LogP contribution < -0.4 is 5.32 Å². The van der Waals surface area contributed by atoms with Crippen LogP contribution in [0, 0.1) is 17.8 Å². The van der Waals surface area contributed by atoms with E-state index in [9.17, 15) is 14.4 Å². The van der Waals surface area contributed by atoms with Crippen molar-refractivity contribution in [3.63, 3.8) is 0 Å². The summed E-state index contributed by atoms with van der Waals surface area (Å²) in [6, 6.07) is 9.62. The summed E-state index contributed by atoms with van der Waals surface area (Å²) in [7, 11) is 0. The fourth-order valence-corrected chi connectivity index (χ4v) is 5.41. The lowest BCUT2D eigenvalue weighted by atomic mass is 9.85. The van der Waals surface area contributed by atoms with E-state index >= 15 is 0 Å². The Labute approximate surface area is 191 Å². The number of imide groups is 1. The number of amides is 3. The minimum Gasteiger partial charge on any atom is -0.352 e. The number of nitrogens with one attached hydrogen (secondary N) is 1. The van der Waals surface area contributed by atoms with Crippen LogP contribution >= 0.6 is 0 Å². The van der Waals surface area contributed by atoms with E-state index in [1.807, 2.05) is 44.2 Å². The van der Waals surface area contributed by atoms with Crippen LogP contribution in [0.5, 0.6) is 0 Å². The van der Waals surface area contributed by atoms with Crippen molar-refractivity contribution in [3.8, 4) is 0 Å². The first-order valence-electron chi connectivity index (χ1n) is 12.1. The number of hydrogen-bond donors (Lipinski definition) is 1. The first-order chi connectivity index (χ1) is 15.5. The number of rotatable bonds is 8. The molecule has 6 nitrogen and oxygen atoms in total. The second-order valence-electron chi connectivity index (χ2n) is 9.76. The molecule has 2 saturated heterocycles. The van der Waals surface area contributed by atoms with E-state index in [1.165, 1.54) is 23.3 Å². The second-order valence-corrected chi connectivity index (χ2v) is 9.76. The lowest BCUT2D eigenvalue weighted by Crippen LogP contribution is -2.51. The molecule has 0 bridgehead atoms. The lowest BCUT2D eigenvalue weighted by molar-refractivity contribution is -0.148. The molecule has 2 aliphatic heterocycles. The number of carbonyl (C=O) groups is 3. The number of nitrogens with zero attached hydrogens (tertiary/aromatic N) is 2. The minimum atomic E-state index is -0.740. The average molecular weight is 438 g/mol. The molecule has 3 aliphatic rings. The van der Waals surface area contributed by atoms with Crippen LogP contribution in [0.1, 0.15) is 57.6 Å². The smallest absolute Gasteiger partial charge is 0.243 e. The van der Waals surface area contributed by atoms with E-state index in [1.54, 1.807) is 0 Å². The molecule has 1 N–H and O–H groups in total. The highest BCUT2D eigenvalue weighted by molar-refractivity contribution is 6.08. The molecule has 4 atom stereocenters. The number of hydrogen-bond acceptors (Lipinski definition) is 4. The molecule has 1 aliphatic carbocycles. The monoisotopic (exact) mass is 437 g/mol.